The maximum atomic E-state index is 12.9. The molecule has 0 aliphatic rings. The Morgan fingerprint density at radius 2 is 1.43 bits per heavy atom. The molecule has 0 saturated heterocycles. The van der Waals surface area contributed by atoms with Gasteiger partial charge in [0.15, 0.2) is 11.5 Å². The Balaban J connectivity index is 2.67. The van der Waals surface area contributed by atoms with E-state index in [0.29, 0.717) is 11.3 Å². The lowest BCUT2D eigenvalue weighted by Crippen LogP contribution is -2.04. The Hall–Kier alpha value is -2.57. The summed E-state index contributed by atoms with van der Waals surface area (Å²) in [6, 6.07) is 5.63. The molecular formula is C16H15F3O4. The highest BCUT2D eigenvalue weighted by molar-refractivity contribution is 5.75. The van der Waals surface area contributed by atoms with Crippen molar-refractivity contribution in [2.75, 3.05) is 21.3 Å². The minimum Gasteiger partial charge on any atom is -0.507 e. The Labute approximate surface area is 131 Å². The number of methoxy groups -OCH3 is 3. The molecule has 0 saturated carbocycles. The summed E-state index contributed by atoms with van der Waals surface area (Å²) < 4.78 is 54.1. The first-order valence-corrected chi connectivity index (χ1v) is 6.52. The van der Waals surface area contributed by atoms with Crippen LogP contribution < -0.4 is 14.2 Å². The molecule has 0 bridgehead atoms. The number of aromatic hydroxyl groups is 1. The van der Waals surface area contributed by atoms with Crippen molar-refractivity contribution >= 4 is 0 Å². The molecule has 0 fully saturated rings. The van der Waals surface area contributed by atoms with Gasteiger partial charge in [-0.05, 0) is 35.9 Å². The van der Waals surface area contributed by atoms with Crippen molar-refractivity contribution in [3.05, 3.63) is 35.9 Å². The summed E-state index contributed by atoms with van der Waals surface area (Å²) in [6.07, 6.45) is -4.51. The molecule has 2 aromatic rings. The molecule has 0 aliphatic carbocycles. The maximum Gasteiger partial charge on any atom is 0.416 e. The molecule has 23 heavy (non-hydrogen) atoms. The van der Waals surface area contributed by atoms with Crippen LogP contribution in [-0.2, 0) is 6.18 Å². The zero-order chi connectivity index (χ0) is 17.2. The summed E-state index contributed by atoms with van der Waals surface area (Å²) in [5.41, 5.74) is -0.541. The molecule has 0 aliphatic heterocycles. The third kappa shape index (κ3) is 3.28. The molecule has 0 aromatic heterocycles. The average molecular weight is 328 g/mol. The summed E-state index contributed by atoms with van der Waals surface area (Å²) >= 11 is 0. The molecular weight excluding hydrogens is 313 g/mol. The molecule has 0 amide bonds. The van der Waals surface area contributed by atoms with Crippen LogP contribution in [-0.4, -0.2) is 26.4 Å². The molecule has 7 heteroatoms. The van der Waals surface area contributed by atoms with Crippen LogP contribution in [0.15, 0.2) is 30.3 Å². The molecule has 124 valence electrons. The lowest BCUT2D eigenvalue weighted by Gasteiger charge is -2.16. The quantitative estimate of drug-likeness (QED) is 0.918. The molecule has 0 heterocycles. The predicted octanol–water partition coefficient (Wildman–Crippen LogP) is 4.10. The van der Waals surface area contributed by atoms with E-state index in [9.17, 15) is 18.3 Å². The number of phenolic OH excluding ortho intramolecular Hbond substituents is 1. The molecule has 0 radical (unpaired) electrons. The highest BCUT2D eigenvalue weighted by Crippen LogP contribution is 2.44. The van der Waals surface area contributed by atoms with E-state index in [0.717, 1.165) is 18.2 Å². The van der Waals surface area contributed by atoms with Crippen molar-refractivity contribution in [3.8, 4) is 34.1 Å². The molecule has 0 atom stereocenters. The van der Waals surface area contributed by atoms with Gasteiger partial charge in [0.2, 0.25) is 5.75 Å². The van der Waals surface area contributed by atoms with Crippen molar-refractivity contribution in [2.24, 2.45) is 0 Å². The zero-order valence-electron chi connectivity index (χ0n) is 12.7. The van der Waals surface area contributed by atoms with Gasteiger partial charge in [-0.25, -0.2) is 0 Å². The predicted molar refractivity (Wildman–Crippen MR) is 78.2 cm³/mol. The maximum absolute atomic E-state index is 12.9. The van der Waals surface area contributed by atoms with E-state index in [-0.39, 0.29) is 22.8 Å². The SMILES string of the molecule is COc1cc(-c2cc(C(F)(F)F)ccc2O)cc(OC)c1OC. The second-order valence-electron chi connectivity index (χ2n) is 4.64. The molecule has 2 aromatic carbocycles. The van der Waals surface area contributed by atoms with Crippen LogP contribution in [0.2, 0.25) is 0 Å². The fraction of sp³-hybridized carbons (Fsp3) is 0.250. The monoisotopic (exact) mass is 328 g/mol. The van der Waals surface area contributed by atoms with Crippen molar-refractivity contribution in [1.82, 2.24) is 0 Å². The number of halogens is 3. The van der Waals surface area contributed by atoms with Gasteiger partial charge in [0.25, 0.3) is 0 Å². The fourth-order valence-corrected chi connectivity index (χ4v) is 2.18. The number of ether oxygens (including phenoxy) is 3. The summed E-state index contributed by atoms with van der Waals surface area (Å²) in [5, 5.41) is 9.93. The number of hydrogen-bond acceptors (Lipinski definition) is 4. The summed E-state index contributed by atoms with van der Waals surface area (Å²) in [4.78, 5) is 0. The first-order chi connectivity index (χ1) is 10.8. The second kappa shape index (κ2) is 6.28. The average Bonchev–Trinajstić information content (AvgIpc) is 2.52. The van der Waals surface area contributed by atoms with Gasteiger partial charge in [0, 0.05) is 5.56 Å². The number of hydrogen-bond donors (Lipinski definition) is 1. The van der Waals surface area contributed by atoms with Crippen LogP contribution in [0, 0.1) is 0 Å². The van der Waals surface area contributed by atoms with E-state index < -0.39 is 11.7 Å². The number of rotatable bonds is 4. The summed E-state index contributed by atoms with van der Waals surface area (Å²) in [5.74, 6) is 0.579. The molecule has 2 rings (SSSR count). The Kier molecular flexibility index (Phi) is 4.58. The standard InChI is InChI=1S/C16H15F3O4/c1-21-13-6-9(7-14(22-2)15(13)23-3)11-8-10(16(17,18)19)4-5-12(11)20/h4-8,20H,1-3H3. The third-order valence-corrected chi connectivity index (χ3v) is 3.30. The fourth-order valence-electron chi connectivity index (χ4n) is 2.18. The van der Waals surface area contributed by atoms with Gasteiger partial charge in [-0.1, -0.05) is 0 Å². The van der Waals surface area contributed by atoms with Gasteiger partial charge >= 0.3 is 6.18 Å². The minimum absolute atomic E-state index is 0.0130. The van der Waals surface area contributed by atoms with E-state index in [1.165, 1.54) is 33.5 Å². The largest absolute Gasteiger partial charge is 0.507 e. The van der Waals surface area contributed by atoms with Crippen LogP contribution in [0.3, 0.4) is 0 Å². The van der Waals surface area contributed by atoms with E-state index >= 15 is 0 Å². The summed E-state index contributed by atoms with van der Waals surface area (Å²) in [6.45, 7) is 0. The molecule has 0 unspecified atom stereocenters. The van der Waals surface area contributed by atoms with Gasteiger partial charge in [-0.2, -0.15) is 13.2 Å². The Morgan fingerprint density at radius 3 is 1.87 bits per heavy atom. The lowest BCUT2D eigenvalue weighted by molar-refractivity contribution is -0.137. The number of alkyl halides is 3. The number of phenols is 1. The third-order valence-electron chi connectivity index (χ3n) is 3.30. The van der Waals surface area contributed by atoms with Crippen LogP contribution >= 0.6 is 0 Å². The van der Waals surface area contributed by atoms with Gasteiger partial charge in [0.1, 0.15) is 5.75 Å². The topological polar surface area (TPSA) is 47.9 Å². The van der Waals surface area contributed by atoms with Crippen LogP contribution in [0.4, 0.5) is 13.2 Å². The Morgan fingerprint density at radius 1 is 0.870 bits per heavy atom. The lowest BCUT2D eigenvalue weighted by atomic mass is 10.0. The molecule has 0 spiro atoms. The van der Waals surface area contributed by atoms with Crippen molar-refractivity contribution < 1.29 is 32.5 Å². The highest BCUT2D eigenvalue weighted by atomic mass is 19.4. The van der Waals surface area contributed by atoms with Gasteiger partial charge < -0.3 is 19.3 Å². The summed E-state index contributed by atoms with van der Waals surface area (Å²) in [7, 11) is 4.21. The van der Waals surface area contributed by atoms with E-state index in [4.69, 9.17) is 14.2 Å². The first-order valence-electron chi connectivity index (χ1n) is 6.52. The minimum atomic E-state index is -4.51. The Bertz CT molecular complexity index is 686. The van der Waals surface area contributed by atoms with Crippen molar-refractivity contribution in [2.45, 2.75) is 6.18 Å². The second-order valence-corrected chi connectivity index (χ2v) is 4.64. The van der Waals surface area contributed by atoms with Crippen LogP contribution in [0.1, 0.15) is 5.56 Å². The normalized spacial score (nSPS) is 11.2. The highest BCUT2D eigenvalue weighted by Gasteiger charge is 2.31. The van der Waals surface area contributed by atoms with Crippen molar-refractivity contribution in [3.63, 3.8) is 0 Å². The zero-order valence-corrected chi connectivity index (χ0v) is 12.7. The van der Waals surface area contributed by atoms with Crippen LogP contribution in [0.25, 0.3) is 11.1 Å². The van der Waals surface area contributed by atoms with Crippen molar-refractivity contribution in [1.29, 1.82) is 0 Å². The molecule has 1 N–H and O–H groups in total. The van der Waals surface area contributed by atoms with E-state index in [1.807, 2.05) is 0 Å². The van der Waals surface area contributed by atoms with E-state index in [1.54, 1.807) is 0 Å². The smallest absolute Gasteiger partial charge is 0.416 e. The first kappa shape index (κ1) is 16.8. The number of benzene rings is 2. The van der Waals surface area contributed by atoms with Gasteiger partial charge in [-0.3, -0.25) is 0 Å². The van der Waals surface area contributed by atoms with Crippen LogP contribution in [0.5, 0.6) is 23.0 Å². The van der Waals surface area contributed by atoms with E-state index in [2.05, 4.69) is 0 Å². The molecule has 4 nitrogen and oxygen atoms in total. The van der Waals surface area contributed by atoms with Gasteiger partial charge in [-0.15, -0.1) is 0 Å². The van der Waals surface area contributed by atoms with Gasteiger partial charge in [0.05, 0.1) is 26.9 Å².